The minimum atomic E-state index is 0. The summed E-state index contributed by atoms with van der Waals surface area (Å²) in [6, 6.07) is 12.6. The first kappa shape index (κ1) is 15.5. The van der Waals surface area contributed by atoms with Gasteiger partial charge in [0.05, 0.1) is 0 Å². The van der Waals surface area contributed by atoms with E-state index in [9.17, 15) is 0 Å². The number of hydrogen-bond donors (Lipinski definition) is 1. The van der Waals surface area contributed by atoms with Crippen molar-refractivity contribution in [2.45, 2.75) is 6.42 Å². The molecule has 0 aliphatic carbocycles. The van der Waals surface area contributed by atoms with E-state index in [1.54, 1.807) is 0 Å². The third-order valence-electron chi connectivity index (χ3n) is 2.92. The lowest BCUT2D eigenvalue weighted by Gasteiger charge is -2.13. The predicted molar refractivity (Wildman–Crippen MR) is 77.3 cm³/mol. The molecule has 0 aliphatic rings. The molecule has 0 saturated heterocycles. The Bertz CT molecular complexity index is 539. The molecule has 0 saturated carbocycles. The third kappa shape index (κ3) is 3.72. The summed E-state index contributed by atoms with van der Waals surface area (Å²) in [5.41, 5.74) is 1.19. The number of ether oxygens (including phenoxy) is 1. The van der Waals surface area contributed by atoms with Crippen LogP contribution in [0.2, 0.25) is 0 Å². The number of fused-ring (bicyclic) bond motifs is 1. The fourth-order valence-corrected chi connectivity index (χ4v) is 2.03. The molecule has 0 bridgehead atoms. The summed E-state index contributed by atoms with van der Waals surface area (Å²) in [5.74, 6) is 0.989. The molecule has 0 spiro atoms. The normalized spacial score (nSPS) is 9.95. The Morgan fingerprint density at radius 3 is 2.74 bits per heavy atom. The molecule has 0 radical (unpaired) electrons. The van der Waals surface area contributed by atoms with Crippen LogP contribution in [0, 0.1) is 0 Å². The molecule has 19 heavy (non-hydrogen) atoms. The fraction of sp³-hybridized carbons (Fsp3) is 0.250. The number of nitrogens with one attached hydrogen (secondary N) is 1. The average molecular weight is 277 g/mol. The summed E-state index contributed by atoms with van der Waals surface area (Å²) in [5, 5.41) is 5.48. The van der Waals surface area contributed by atoms with Crippen molar-refractivity contribution in [3.63, 3.8) is 0 Å². The largest absolute Gasteiger partial charge is 1.00 e. The van der Waals surface area contributed by atoms with Crippen molar-refractivity contribution in [3.8, 4) is 5.75 Å². The van der Waals surface area contributed by atoms with Gasteiger partial charge in [-0.3, -0.25) is 0 Å². The van der Waals surface area contributed by atoms with E-state index in [0.29, 0.717) is 6.61 Å². The SMILES string of the molecule is C=CCc1ccc2ccccc2c1OCCNC.[Cl-]. The highest BCUT2D eigenvalue weighted by atomic mass is 35.5. The van der Waals surface area contributed by atoms with Crippen LogP contribution >= 0.6 is 0 Å². The molecule has 2 nitrogen and oxygen atoms in total. The van der Waals surface area contributed by atoms with Crippen LogP contribution in [0.4, 0.5) is 0 Å². The molecular weight excluding hydrogens is 258 g/mol. The van der Waals surface area contributed by atoms with Crippen molar-refractivity contribution in [2.75, 3.05) is 20.2 Å². The van der Waals surface area contributed by atoms with Gasteiger partial charge in [-0.2, -0.15) is 0 Å². The molecule has 0 aliphatic heterocycles. The molecule has 2 aromatic rings. The highest BCUT2D eigenvalue weighted by Crippen LogP contribution is 2.30. The van der Waals surface area contributed by atoms with Crippen molar-refractivity contribution in [3.05, 3.63) is 54.6 Å². The second-order valence-electron chi connectivity index (χ2n) is 4.22. The molecule has 3 heteroatoms. The van der Waals surface area contributed by atoms with Crippen LogP contribution in [0.5, 0.6) is 5.75 Å². The van der Waals surface area contributed by atoms with E-state index in [-0.39, 0.29) is 12.4 Å². The Morgan fingerprint density at radius 2 is 2.00 bits per heavy atom. The summed E-state index contributed by atoms with van der Waals surface area (Å²) < 4.78 is 5.93. The van der Waals surface area contributed by atoms with Crippen molar-refractivity contribution in [1.29, 1.82) is 0 Å². The zero-order valence-electron chi connectivity index (χ0n) is 11.2. The van der Waals surface area contributed by atoms with Crippen molar-refractivity contribution in [2.24, 2.45) is 0 Å². The standard InChI is InChI=1S/C16H19NO.ClH/c1-3-6-14-10-9-13-7-4-5-8-15(13)16(14)18-12-11-17-2;/h3-5,7-10,17H,1,6,11-12H2,2H3;1H/p-1. The Kier molecular flexibility index (Phi) is 6.40. The highest BCUT2D eigenvalue weighted by Gasteiger charge is 2.07. The van der Waals surface area contributed by atoms with E-state index in [1.165, 1.54) is 16.3 Å². The van der Waals surface area contributed by atoms with E-state index in [0.717, 1.165) is 18.7 Å². The maximum absolute atomic E-state index is 5.93. The number of hydrogen-bond acceptors (Lipinski definition) is 2. The number of rotatable bonds is 6. The second-order valence-corrected chi connectivity index (χ2v) is 4.22. The van der Waals surface area contributed by atoms with Crippen LogP contribution in [0.3, 0.4) is 0 Å². The second kappa shape index (κ2) is 7.82. The molecule has 0 atom stereocenters. The number of allylic oxidation sites excluding steroid dienone is 1. The van der Waals surface area contributed by atoms with Gasteiger partial charge in [-0.15, -0.1) is 6.58 Å². The van der Waals surface area contributed by atoms with Gasteiger partial charge in [0.15, 0.2) is 0 Å². The van der Waals surface area contributed by atoms with E-state index in [2.05, 4.69) is 36.2 Å². The van der Waals surface area contributed by atoms with Crippen molar-refractivity contribution in [1.82, 2.24) is 5.32 Å². The minimum absolute atomic E-state index is 0. The zero-order valence-corrected chi connectivity index (χ0v) is 11.9. The molecular formula is C16H19ClNO-. The molecule has 0 aromatic heterocycles. The maximum Gasteiger partial charge on any atom is 0.130 e. The van der Waals surface area contributed by atoms with Crippen LogP contribution in [0.15, 0.2) is 49.1 Å². The van der Waals surface area contributed by atoms with Crippen LogP contribution in [-0.2, 0) is 6.42 Å². The molecule has 2 aromatic carbocycles. The van der Waals surface area contributed by atoms with E-state index < -0.39 is 0 Å². The molecule has 1 N–H and O–H groups in total. The van der Waals surface area contributed by atoms with E-state index in [4.69, 9.17) is 4.74 Å². The topological polar surface area (TPSA) is 21.3 Å². The van der Waals surface area contributed by atoms with Gasteiger partial charge in [0.2, 0.25) is 0 Å². The minimum Gasteiger partial charge on any atom is -1.00 e. The Labute approximate surface area is 120 Å². The molecule has 0 fully saturated rings. The average Bonchev–Trinajstić information content (AvgIpc) is 2.41. The smallest absolute Gasteiger partial charge is 0.130 e. The number of benzene rings is 2. The van der Waals surface area contributed by atoms with Crippen LogP contribution < -0.4 is 22.5 Å². The zero-order chi connectivity index (χ0) is 12.8. The molecule has 0 unspecified atom stereocenters. The molecule has 2 rings (SSSR count). The lowest BCUT2D eigenvalue weighted by atomic mass is 10.0. The Morgan fingerprint density at radius 1 is 1.21 bits per heavy atom. The van der Waals surface area contributed by atoms with Gasteiger partial charge >= 0.3 is 0 Å². The Balaban J connectivity index is 0.00000180. The maximum atomic E-state index is 5.93. The van der Waals surface area contributed by atoms with E-state index >= 15 is 0 Å². The Hall–Kier alpha value is -1.51. The number of halogens is 1. The van der Waals surface area contributed by atoms with Gasteiger partial charge in [-0.25, -0.2) is 0 Å². The summed E-state index contributed by atoms with van der Waals surface area (Å²) in [6.45, 7) is 5.32. The molecule has 0 amide bonds. The molecule has 0 heterocycles. The van der Waals surface area contributed by atoms with Crippen molar-refractivity contribution >= 4 is 10.8 Å². The molecule has 102 valence electrons. The highest BCUT2D eigenvalue weighted by molar-refractivity contribution is 5.89. The summed E-state index contributed by atoms with van der Waals surface area (Å²) in [4.78, 5) is 0. The summed E-state index contributed by atoms with van der Waals surface area (Å²) >= 11 is 0. The summed E-state index contributed by atoms with van der Waals surface area (Å²) in [6.07, 6.45) is 2.74. The summed E-state index contributed by atoms with van der Waals surface area (Å²) in [7, 11) is 1.93. The first-order valence-corrected chi connectivity index (χ1v) is 6.25. The van der Waals surface area contributed by atoms with Gasteiger partial charge in [0.1, 0.15) is 12.4 Å². The van der Waals surface area contributed by atoms with Gasteiger partial charge < -0.3 is 22.5 Å². The van der Waals surface area contributed by atoms with Gasteiger partial charge in [-0.05, 0) is 24.4 Å². The van der Waals surface area contributed by atoms with Gasteiger partial charge in [0.25, 0.3) is 0 Å². The van der Waals surface area contributed by atoms with Crippen LogP contribution in [0.25, 0.3) is 10.8 Å². The monoisotopic (exact) mass is 276 g/mol. The predicted octanol–water partition coefficient (Wildman–Crippen LogP) is 0.170. The van der Waals surface area contributed by atoms with Gasteiger partial charge in [-0.1, -0.05) is 42.5 Å². The van der Waals surface area contributed by atoms with E-state index in [1.807, 2.05) is 25.3 Å². The third-order valence-corrected chi connectivity index (χ3v) is 2.92. The first-order chi connectivity index (χ1) is 8.86. The van der Waals surface area contributed by atoms with Crippen LogP contribution in [0.1, 0.15) is 5.56 Å². The van der Waals surface area contributed by atoms with Crippen molar-refractivity contribution < 1.29 is 17.1 Å². The van der Waals surface area contributed by atoms with Crippen LogP contribution in [-0.4, -0.2) is 20.2 Å². The first-order valence-electron chi connectivity index (χ1n) is 6.25. The van der Waals surface area contributed by atoms with Gasteiger partial charge in [0, 0.05) is 11.9 Å². The lowest BCUT2D eigenvalue weighted by Crippen LogP contribution is -3.00. The number of likely N-dealkylation sites (N-methyl/N-ethyl adjacent to an activating group) is 1. The quantitative estimate of drug-likeness (QED) is 0.600. The lowest BCUT2D eigenvalue weighted by molar-refractivity contribution is -0.00000402. The fourth-order valence-electron chi connectivity index (χ4n) is 2.03.